The molecule has 0 radical (unpaired) electrons. The highest BCUT2D eigenvalue weighted by atomic mass is 16.5. The Morgan fingerprint density at radius 1 is 1.11 bits per heavy atom. The lowest BCUT2D eigenvalue weighted by Crippen LogP contribution is -2.38. The van der Waals surface area contributed by atoms with Gasteiger partial charge in [-0.25, -0.2) is 9.97 Å². The van der Waals surface area contributed by atoms with Gasteiger partial charge in [0.15, 0.2) is 0 Å². The van der Waals surface area contributed by atoms with Crippen LogP contribution >= 0.6 is 0 Å². The molecule has 1 aliphatic heterocycles. The number of rotatable bonds is 5. The van der Waals surface area contributed by atoms with Crippen LogP contribution in [-0.2, 0) is 18.3 Å². The first-order valence-electron chi connectivity index (χ1n) is 9.16. The van der Waals surface area contributed by atoms with Crippen molar-refractivity contribution in [2.75, 3.05) is 25.0 Å². The largest absolute Gasteiger partial charge is 0.369 e. The molecule has 1 atom stereocenters. The topological polar surface area (TPSA) is 68.1 Å². The lowest BCUT2D eigenvalue weighted by molar-refractivity contribution is -0.0355. The van der Waals surface area contributed by atoms with E-state index in [1.54, 1.807) is 0 Å². The van der Waals surface area contributed by atoms with Gasteiger partial charge in [0.2, 0.25) is 0 Å². The van der Waals surface area contributed by atoms with Gasteiger partial charge >= 0.3 is 0 Å². The van der Waals surface area contributed by atoms with E-state index in [0.717, 1.165) is 42.7 Å². The summed E-state index contributed by atoms with van der Waals surface area (Å²) in [5.74, 6) is 1.57. The van der Waals surface area contributed by atoms with Crippen LogP contribution in [-0.4, -0.2) is 44.3 Å². The average molecular weight is 364 g/mol. The molecule has 1 N–H and O–H groups in total. The number of aryl methyl sites for hydroxylation is 2. The van der Waals surface area contributed by atoms with Gasteiger partial charge in [0.1, 0.15) is 17.7 Å². The monoisotopic (exact) mass is 364 g/mol. The molecule has 0 bridgehead atoms. The summed E-state index contributed by atoms with van der Waals surface area (Å²) in [6, 6.07) is 13.9. The Morgan fingerprint density at radius 3 is 2.70 bits per heavy atom. The van der Waals surface area contributed by atoms with E-state index in [2.05, 4.69) is 26.4 Å². The molecule has 7 nitrogen and oxygen atoms in total. The zero-order chi connectivity index (χ0) is 18.6. The second-order valence-electron chi connectivity index (χ2n) is 6.78. The van der Waals surface area contributed by atoms with Crippen molar-refractivity contribution in [1.29, 1.82) is 0 Å². The molecule has 0 aliphatic carbocycles. The molecule has 140 valence electrons. The van der Waals surface area contributed by atoms with Gasteiger partial charge < -0.3 is 10.1 Å². The number of anilines is 2. The predicted molar refractivity (Wildman–Crippen MR) is 104 cm³/mol. The minimum absolute atomic E-state index is 0.0424. The van der Waals surface area contributed by atoms with Gasteiger partial charge in [-0.15, -0.1) is 0 Å². The van der Waals surface area contributed by atoms with E-state index in [1.807, 2.05) is 61.2 Å². The molecule has 1 unspecified atom stereocenters. The second kappa shape index (κ2) is 7.85. The number of hydrogen-bond acceptors (Lipinski definition) is 6. The summed E-state index contributed by atoms with van der Waals surface area (Å²) < 4.78 is 7.92. The number of aromatic nitrogens is 4. The normalized spacial score (nSPS) is 17.8. The summed E-state index contributed by atoms with van der Waals surface area (Å²) >= 11 is 0. The molecular weight excluding hydrogens is 340 g/mol. The Balaban J connectivity index is 1.45. The molecule has 0 saturated carbocycles. The van der Waals surface area contributed by atoms with Gasteiger partial charge in [-0.2, -0.15) is 5.10 Å². The molecule has 7 heteroatoms. The fraction of sp³-hybridized carbons (Fsp3) is 0.350. The van der Waals surface area contributed by atoms with E-state index >= 15 is 0 Å². The number of nitrogens with zero attached hydrogens (tertiary/aromatic N) is 5. The van der Waals surface area contributed by atoms with Crippen LogP contribution in [0.15, 0.2) is 48.7 Å². The maximum absolute atomic E-state index is 6.00. The first kappa shape index (κ1) is 17.6. The summed E-state index contributed by atoms with van der Waals surface area (Å²) in [4.78, 5) is 11.6. The van der Waals surface area contributed by atoms with E-state index in [0.29, 0.717) is 6.61 Å². The highest BCUT2D eigenvalue weighted by Crippen LogP contribution is 2.23. The Kier molecular flexibility index (Phi) is 5.13. The average Bonchev–Trinajstić information content (AvgIpc) is 3.07. The van der Waals surface area contributed by atoms with Gasteiger partial charge in [0.25, 0.3) is 0 Å². The number of nitrogens with one attached hydrogen (secondary N) is 1. The van der Waals surface area contributed by atoms with Crippen molar-refractivity contribution in [2.24, 2.45) is 7.05 Å². The fourth-order valence-corrected chi connectivity index (χ4v) is 3.25. The van der Waals surface area contributed by atoms with Gasteiger partial charge in [-0.1, -0.05) is 12.1 Å². The SMILES string of the molecule is Cc1cccc(Nc2cccc(C3CN(Cc4ccnn4C)CCO3)n2)n1. The fourth-order valence-electron chi connectivity index (χ4n) is 3.25. The molecule has 0 amide bonds. The Hall–Kier alpha value is -2.77. The molecule has 1 saturated heterocycles. The van der Waals surface area contributed by atoms with Crippen molar-refractivity contribution >= 4 is 11.6 Å². The summed E-state index contributed by atoms with van der Waals surface area (Å²) in [6.07, 6.45) is 1.79. The molecule has 0 spiro atoms. The van der Waals surface area contributed by atoms with Crippen molar-refractivity contribution in [3.8, 4) is 0 Å². The Labute approximate surface area is 159 Å². The first-order valence-corrected chi connectivity index (χ1v) is 9.16. The highest BCUT2D eigenvalue weighted by Gasteiger charge is 2.24. The zero-order valence-corrected chi connectivity index (χ0v) is 15.7. The molecule has 3 aromatic rings. The third-order valence-electron chi connectivity index (χ3n) is 4.70. The smallest absolute Gasteiger partial charge is 0.131 e. The highest BCUT2D eigenvalue weighted by molar-refractivity contribution is 5.51. The maximum Gasteiger partial charge on any atom is 0.131 e. The number of morpholine rings is 1. The number of hydrogen-bond donors (Lipinski definition) is 1. The minimum atomic E-state index is -0.0424. The van der Waals surface area contributed by atoms with Crippen molar-refractivity contribution in [3.05, 3.63) is 65.7 Å². The quantitative estimate of drug-likeness (QED) is 0.751. The zero-order valence-electron chi connectivity index (χ0n) is 15.7. The van der Waals surface area contributed by atoms with Gasteiger partial charge in [0, 0.05) is 38.6 Å². The summed E-state index contributed by atoms with van der Waals surface area (Å²) in [5, 5.41) is 7.53. The third kappa shape index (κ3) is 4.32. The second-order valence-corrected chi connectivity index (χ2v) is 6.78. The van der Waals surface area contributed by atoms with Crippen LogP contribution in [0.5, 0.6) is 0 Å². The van der Waals surface area contributed by atoms with Crippen LogP contribution < -0.4 is 5.32 Å². The van der Waals surface area contributed by atoms with Crippen LogP contribution in [0, 0.1) is 6.92 Å². The third-order valence-corrected chi connectivity index (χ3v) is 4.70. The Morgan fingerprint density at radius 2 is 1.93 bits per heavy atom. The van der Waals surface area contributed by atoms with E-state index in [-0.39, 0.29) is 6.10 Å². The van der Waals surface area contributed by atoms with Crippen molar-refractivity contribution in [1.82, 2.24) is 24.6 Å². The molecule has 4 heterocycles. The molecule has 1 aliphatic rings. The van der Waals surface area contributed by atoms with Gasteiger partial charge in [-0.3, -0.25) is 9.58 Å². The van der Waals surface area contributed by atoms with Crippen LogP contribution in [0.25, 0.3) is 0 Å². The van der Waals surface area contributed by atoms with Crippen LogP contribution in [0.2, 0.25) is 0 Å². The number of ether oxygens (including phenoxy) is 1. The van der Waals surface area contributed by atoms with Gasteiger partial charge in [0.05, 0.1) is 18.0 Å². The van der Waals surface area contributed by atoms with Crippen molar-refractivity contribution in [2.45, 2.75) is 19.6 Å². The first-order chi connectivity index (χ1) is 13.2. The molecule has 3 aromatic heterocycles. The van der Waals surface area contributed by atoms with E-state index < -0.39 is 0 Å². The van der Waals surface area contributed by atoms with Crippen LogP contribution in [0.4, 0.5) is 11.6 Å². The maximum atomic E-state index is 6.00. The summed E-state index contributed by atoms with van der Waals surface area (Å²) in [6.45, 7) is 5.25. The van der Waals surface area contributed by atoms with E-state index in [9.17, 15) is 0 Å². The molecule has 27 heavy (non-hydrogen) atoms. The van der Waals surface area contributed by atoms with Crippen LogP contribution in [0.1, 0.15) is 23.2 Å². The minimum Gasteiger partial charge on any atom is -0.369 e. The Bertz CT molecular complexity index is 909. The standard InChI is InChI=1S/C20H24N6O/c1-15-5-3-7-19(22-15)24-20-8-4-6-17(23-20)18-14-26(11-12-27-18)13-16-9-10-21-25(16)2/h3-10,18H,11-14H2,1-2H3,(H,22,23,24). The van der Waals surface area contributed by atoms with Crippen molar-refractivity contribution < 1.29 is 4.74 Å². The lowest BCUT2D eigenvalue weighted by Gasteiger charge is -2.32. The number of pyridine rings is 2. The van der Waals surface area contributed by atoms with E-state index in [1.165, 1.54) is 5.69 Å². The molecule has 0 aromatic carbocycles. The molecule has 4 rings (SSSR count). The predicted octanol–water partition coefficient (Wildman–Crippen LogP) is 2.84. The summed E-state index contributed by atoms with van der Waals surface area (Å²) in [5.41, 5.74) is 3.10. The van der Waals surface area contributed by atoms with Gasteiger partial charge in [-0.05, 0) is 37.3 Å². The van der Waals surface area contributed by atoms with Crippen molar-refractivity contribution in [3.63, 3.8) is 0 Å². The van der Waals surface area contributed by atoms with Crippen LogP contribution in [0.3, 0.4) is 0 Å². The molecular formula is C20H24N6O. The van der Waals surface area contributed by atoms with E-state index in [4.69, 9.17) is 9.72 Å². The lowest BCUT2D eigenvalue weighted by atomic mass is 10.2. The summed E-state index contributed by atoms with van der Waals surface area (Å²) in [7, 11) is 1.98. The molecule has 1 fully saturated rings.